The summed E-state index contributed by atoms with van der Waals surface area (Å²) in [5.74, 6) is -0.259. The Morgan fingerprint density at radius 1 is 1.36 bits per heavy atom. The molecule has 0 saturated heterocycles. The van der Waals surface area contributed by atoms with Crippen LogP contribution < -0.4 is 4.74 Å². The van der Waals surface area contributed by atoms with Crippen LogP contribution in [-0.4, -0.2) is 43.0 Å². The molecule has 4 heterocycles. The zero-order valence-electron chi connectivity index (χ0n) is 14.9. The number of rotatable bonds is 3. The van der Waals surface area contributed by atoms with Gasteiger partial charge in [0.1, 0.15) is 17.5 Å². The average Bonchev–Trinajstić information content (AvgIpc) is 3.08. The lowest BCUT2D eigenvalue weighted by Crippen LogP contribution is -2.46. The van der Waals surface area contributed by atoms with Gasteiger partial charge in [0.25, 0.3) is 0 Å². The molecule has 0 fully saturated rings. The number of halogens is 3. The highest BCUT2D eigenvalue weighted by Gasteiger charge is 2.42. The number of nitrogens with zero attached hydrogens (tertiary/aromatic N) is 5. The Labute approximate surface area is 164 Å². The number of imidazole rings is 1. The lowest BCUT2D eigenvalue weighted by molar-refractivity contribution is -0.389. The van der Waals surface area contributed by atoms with Gasteiger partial charge in [-0.1, -0.05) is 6.07 Å². The minimum atomic E-state index is -4.44. The first-order chi connectivity index (χ1) is 12.6. The second kappa shape index (κ2) is 6.92. The van der Waals surface area contributed by atoms with Crippen molar-refractivity contribution in [2.75, 3.05) is 13.1 Å². The molecule has 0 aliphatic carbocycles. The summed E-state index contributed by atoms with van der Waals surface area (Å²) in [5, 5.41) is 10.8. The van der Waals surface area contributed by atoms with Crippen LogP contribution in [0.1, 0.15) is 23.9 Å². The summed E-state index contributed by atoms with van der Waals surface area (Å²) in [6.07, 6.45) is -2.68. The zero-order chi connectivity index (χ0) is 19.4. The van der Waals surface area contributed by atoms with Crippen molar-refractivity contribution in [2.24, 2.45) is 0 Å². The summed E-state index contributed by atoms with van der Waals surface area (Å²) in [6, 6.07) is 2.69. The molecule has 4 rings (SSSR count). The number of aromatic nitrogens is 3. The van der Waals surface area contributed by atoms with Crippen LogP contribution in [-0.2, 0) is 25.7 Å². The highest BCUT2D eigenvalue weighted by molar-refractivity contribution is 7.59. The fraction of sp³-hybridized carbons (Fsp3) is 0.500. The minimum Gasteiger partial charge on any atom is -0.436 e. The Morgan fingerprint density at radius 2 is 2.11 bits per heavy atom. The van der Waals surface area contributed by atoms with Crippen LogP contribution in [0, 0.1) is 10.1 Å². The van der Waals surface area contributed by atoms with Gasteiger partial charge < -0.3 is 14.9 Å². The molecule has 0 spiro atoms. The van der Waals surface area contributed by atoms with E-state index in [2.05, 4.69) is 14.9 Å². The van der Waals surface area contributed by atoms with E-state index in [1.54, 1.807) is 4.57 Å². The molecule has 0 radical (unpaired) electrons. The van der Waals surface area contributed by atoms with E-state index in [1.807, 2.05) is 6.92 Å². The smallest absolute Gasteiger partial charge is 0.433 e. The van der Waals surface area contributed by atoms with Crippen LogP contribution >= 0.6 is 13.5 Å². The van der Waals surface area contributed by atoms with Gasteiger partial charge in [0, 0.05) is 36.7 Å². The number of hydrogen-bond acceptors (Lipinski definition) is 6. The number of pyridine rings is 1. The van der Waals surface area contributed by atoms with Gasteiger partial charge in [-0.15, -0.1) is 0 Å². The van der Waals surface area contributed by atoms with Crippen molar-refractivity contribution in [3.05, 3.63) is 45.4 Å². The molecular weight excluding hydrogens is 399 g/mol. The van der Waals surface area contributed by atoms with Crippen LogP contribution in [0.3, 0.4) is 0 Å². The van der Waals surface area contributed by atoms with E-state index >= 15 is 0 Å². The van der Waals surface area contributed by atoms with Crippen molar-refractivity contribution < 1.29 is 22.8 Å². The molecule has 0 unspecified atom stereocenters. The fourth-order valence-corrected chi connectivity index (χ4v) is 3.60. The van der Waals surface area contributed by atoms with Crippen LogP contribution in [0.5, 0.6) is 6.01 Å². The highest BCUT2D eigenvalue weighted by Crippen LogP contribution is 2.33. The molecule has 2 aliphatic heterocycles. The average molecular weight is 417 g/mol. The molecule has 0 saturated carbocycles. The molecule has 0 amide bonds. The van der Waals surface area contributed by atoms with E-state index in [1.165, 1.54) is 12.3 Å². The van der Waals surface area contributed by atoms with Crippen molar-refractivity contribution in [1.29, 1.82) is 0 Å². The molecule has 2 aliphatic rings. The molecule has 0 bridgehead atoms. The SMILES string of the molecule is C[C@]1(CN2CCc3nc(C(F)(F)F)ccc3C2)Cn2cc([N+](=O)[O-])nc2O1.S. The number of fused-ring (bicyclic) bond motifs is 2. The second-order valence-corrected chi connectivity index (χ2v) is 7.08. The molecule has 8 nitrogen and oxygen atoms in total. The molecule has 12 heteroatoms. The predicted molar refractivity (Wildman–Crippen MR) is 96.5 cm³/mol. The lowest BCUT2D eigenvalue weighted by Gasteiger charge is -2.34. The van der Waals surface area contributed by atoms with Crippen LogP contribution in [0.4, 0.5) is 19.0 Å². The molecule has 152 valence electrons. The maximum absolute atomic E-state index is 12.8. The second-order valence-electron chi connectivity index (χ2n) is 7.08. The summed E-state index contributed by atoms with van der Waals surface area (Å²) in [6.45, 7) is 3.85. The summed E-state index contributed by atoms with van der Waals surface area (Å²) >= 11 is 0. The molecule has 28 heavy (non-hydrogen) atoms. The topological polar surface area (TPSA) is 86.3 Å². The Balaban J connectivity index is 0.00000225. The quantitative estimate of drug-likeness (QED) is 0.564. The number of hydrogen-bond donors (Lipinski definition) is 0. The van der Waals surface area contributed by atoms with Crippen LogP contribution in [0.15, 0.2) is 18.3 Å². The summed E-state index contributed by atoms with van der Waals surface area (Å²) in [4.78, 5) is 19.9. The largest absolute Gasteiger partial charge is 0.436 e. The molecular formula is C16H18F3N5O3S. The summed E-state index contributed by atoms with van der Waals surface area (Å²) < 4.78 is 45.8. The van der Waals surface area contributed by atoms with E-state index in [9.17, 15) is 23.3 Å². The van der Waals surface area contributed by atoms with E-state index in [-0.39, 0.29) is 25.3 Å². The third-order valence-corrected chi connectivity index (χ3v) is 4.73. The summed E-state index contributed by atoms with van der Waals surface area (Å²) in [7, 11) is 0. The molecule has 2 aromatic heterocycles. The Morgan fingerprint density at radius 3 is 2.75 bits per heavy atom. The lowest BCUT2D eigenvalue weighted by atomic mass is 10.0. The first-order valence-corrected chi connectivity index (χ1v) is 8.32. The number of nitro groups is 1. The van der Waals surface area contributed by atoms with Gasteiger partial charge in [-0.25, -0.2) is 4.98 Å². The van der Waals surface area contributed by atoms with Gasteiger partial charge in [-0.05, 0) is 23.5 Å². The minimum absolute atomic E-state index is 0. The maximum Gasteiger partial charge on any atom is 0.433 e. The van der Waals surface area contributed by atoms with Crippen LogP contribution in [0.25, 0.3) is 0 Å². The number of ether oxygens (including phenoxy) is 1. The van der Waals surface area contributed by atoms with Gasteiger partial charge in [0.2, 0.25) is 0 Å². The van der Waals surface area contributed by atoms with E-state index in [0.29, 0.717) is 38.3 Å². The van der Waals surface area contributed by atoms with Crippen molar-refractivity contribution in [1.82, 2.24) is 19.4 Å². The van der Waals surface area contributed by atoms with Crippen molar-refractivity contribution >= 4 is 19.3 Å². The third kappa shape index (κ3) is 3.78. The van der Waals surface area contributed by atoms with E-state index < -0.39 is 22.4 Å². The van der Waals surface area contributed by atoms with E-state index in [0.717, 1.165) is 11.6 Å². The number of alkyl halides is 3. The normalized spacial score (nSPS) is 21.4. The Kier molecular flexibility index (Phi) is 5.04. The first-order valence-electron chi connectivity index (χ1n) is 8.32. The third-order valence-electron chi connectivity index (χ3n) is 4.73. The van der Waals surface area contributed by atoms with E-state index in [4.69, 9.17) is 4.74 Å². The molecule has 0 aromatic carbocycles. The van der Waals surface area contributed by atoms with Gasteiger partial charge in [0.05, 0.1) is 6.54 Å². The molecule has 2 aromatic rings. The first kappa shape index (κ1) is 20.4. The Hall–Kier alpha value is -2.34. The van der Waals surface area contributed by atoms with Crippen molar-refractivity contribution in [3.8, 4) is 6.01 Å². The van der Waals surface area contributed by atoms with Crippen molar-refractivity contribution in [2.45, 2.75) is 38.2 Å². The Bertz CT molecular complexity index is 894. The van der Waals surface area contributed by atoms with Gasteiger partial charge in [-0.2, -0.15) is 26.7 Å². The zero-order valence-corrected chi connectivity index (χ0v) is 15.9. The monoisotopic (exact) mass is 417 g/mol. The molecule has 0 N–H and O–H groups in total. The van der Waals surface area contributed by atoms with Gasteiger partial charge in [0.15, 0.2) is 0 Å². The van der Waals surface area contributed by atoms with Gasteiger partial charge >= 0.3 is 18.0 Å². The molecule has 1 atom stereocenters. The van der Waals surface area contributed by atoms with Crippen molar-refractivity contribution in [3.63, 3.8) is 0 Å². The van der Waals surface area contributed by atoms with Crippen LogP contribution in [0.2, 0.25) is 0 Å². The summed E-state index contributed by atoms with van der Waals surface area (Å²) in [5.41, 5.74) is -0.243. The van der Waals surface area contributed by atoms with Gasteiger partial charge in [-0.3, -0.25) is 9.47 Å². The predicted octanol–water partition coefficient (Wildman–Crippen LogP) is 2.53. The fourth-order valence-electron chi connectivity index (χ4n) is 3.60. The maximum atomic E-state index is 12.8. The highest BCUT2D eigenvalue weighted by atomic mass is 32.1. The standard InChI is InChI=1S/C16H16F3N5O3.H2S/c1-15(9-23-7-13(24(25)26)21-14(23)27-15)8-22-5-4-11-10(6-22)2-3-12(20-11)16(17,18)19;/h2-3,7H,4-6,8-9H2,1H3;1H2/t15-;/m0./s1.